The molecular weight excluding hydrogens is 665 g/mol. The zero-order valence-corrected chi connectivity index (χ0v) is 30.0. The van der Waals surface area contributed by atoms with E-state index in [1.807, 2.05) is 36.4 Å². The van der Waals surface area contributed by atoms with Gasteiger partial charge in [-0.05, 0) is 78.9 Å². The van der Waals surface area contributed by atoms with Gasteiger partial charge in [0.05, 0.1) is 16.8 Å². The highest BCUT2D eigenvalue weighted by Crippen LogP contribution is 2.63. The van der Waals surface area contributed by atoms with Crippen LogP contribution in [0.5, 0.6) is 0 Å². The van der Waals surface area contributed by atoms with Gasteiger partial charge in [0.25, 0.3) is 0 Å². The number of fused-ring (bicyclic) bond motifs is 10. The third-order valence-corrected chi connectivity index (χ3v) is 11.6. The molecular formula is C53H34N2. The summed E-state index contributed by atoms with van der Waals surface area (Å²) in [6.07, 6.45) is 0. The first-order valence-corrected chi connectivity index (χ1v) is 18.9. The lowest BCUT2D eigenvalue weighted by atomic mass is 9.70. The highest BCUT2D eigenvalue weighted by atomic mass is 14.9. The van der Waals surface area contributed by atoms with Crippen LogP contribution < -0.4 is 0 Å². The molecule has 0 amide bonds. The number of aromatic nitrogens is 2. The van der Waals surface area contributed by atoms with E-state index < -0.39 is 0 Å². The Morgan fingerprint density at radius 3 is 1.09 bits per heavy atom. The molecule has 9 aromatic rings. The lowest BCUT2D eigenvalue weighted by Gasteiger charge is -2.30. The van der Waals surface area contributed by atoms with E-state index in [2.05, 4.69) is 170 Å². The van der Waals surface area contributed by atoms with Crippen LogP contribution in [0.2, 0.25) is 0 Å². The van der Waals surface area contributed by atoms with Crippen LogP contribution in [-0.4, -0.2) is 9.97 Å². The van der Waals surface area contributed by atoms with Crippen molar-refractivity contribution in [3.05, 3.63) is 229 Å². The smallest absolute Gasteiger partial charge is 0.160 e. The maximum Gasteiger partial charge on any atom is 0.160 e. The minimum atomic E-state index is -0.344. The van der Waals surface area contributed by atoms with Gasteiger partial charge in [-0.25, -0.2) is 9.97 Å². The minimum Gasteiger partial charge on any atom is -0.228 e. The predicted octanol–water partition coefficient (Wildman–Crippen LogP) is 13.2. The maximum atomic E-state index is 5.03. The van der Waals surface area contributed by atoms with E-state index in [0.29, 0.717) is 5.82 Å². The van der Waals surface area contributed by atoms with Gasteiger partial charge < -0.3 is 0 Å². The second kappa shape index (κ2) is 12.5. The van der Waals surface area contributed by atoms with E-state index in [-0.39, 0.29) is 5.41 Å². The second-order valence-electron chi connectivity index (χ2n) is 14.5. The molecule has 1 heterocycles. The van der Waals surface area contributed by atoms with Gasteiger partial charge in [0.15, 0.2) is 5.82 Å². The molecule has 2 heteroatoms. The highest BCUT2D eigenvalue weighted by Gasteiger charge is 2.51. The number of benzene rings is 8. The molecule has 2 aliphatic carbocycles. The summed E-state index contributed by atoms with van der Waals surface area (Å²) < 4.78 is 0. The quantitative estimate of drug-likeness (QED) is 0.179. The van der Waals surface area contributed by atoms with Crippen molar-refractivity contribution in [1.29, 1.82) is 0 Å². The van der Waals surface area contributed by atoms with Crippen molar-refractivity contribution in [3.63, 3.8) is 0 Å². The van der Waals surface area contributed by atoms with Crippen molar-refractivity contribution in [3.8, 4) is 78.4 Å². The van der Waals surface area contributed by atoms with Crippen molar-refractivity contribution in [2.75, 3.05) is 0 Å². The summed E-state index contributed by atoms with van der Waals surface area (Å²) >= 11 is 0. The largest absolute Gasteiger partial charge is 0.228 e. The van der Waals surface area contributed by atoms with Crippen molar-refractivity contribution in [2.45, 2.75) is 5.41 Å². The van der Waals surface area contributed by atoms with Gasteiger partial charge in [-0.15, -0.1) is 0 Å². The van der Waals surface area contributed by atoms with E-state index in [1.165, 1.54) is 61.2 Å². The summed E-state index contributed by atoms with van der Waals surface area (Å²) in [5.74, 6) is 0.714. The predicted molar refractivity (Wildman–Crippen MR) is 226 cm³/mol. The van der Waals surface area contributed by atoms with E-state index in [9.17, 15) is 0 Å². The van der Waals surface area contributed by atoms with Gasteiger partial charge >= 0.3 is 0 Å². The van der Waals surface area contributed by atoms with Gasteiger partial charge in [-0.3, -0.25) is 0 Å². The number of rotatable bonds is 5. The van der Waals surface area contributed by atoms with Crippen LogP contribution in [0.4, 0.5) is 0 Å². The van der Waals surface area contributed by atoms with Crippen LogP contribution in [0.15, 0.2) is 206 Å². The Morgan fingerprint density at radius 2 is 0.618 bits per heavy atom. The molecule has 55 heavy (non-hydrogen) atoms. The van der Waals surface area contributed by atoms with Crippen molar-refractivity contribution in [2.24, 2.45) is 0 Å². The van der Waals surface area contributed by atoms with Gasteiger partial charge in [-0.1, -0.05) is 194 Å². The first-order chi connectivity index (χ1) is 27.3. The van der Waals surface area contributed by atoms with Gasteiger partial charge in [0.1, 0.15) is 0 Å². The Hall–Kier alpha value is -7.16. The number of hydrogen-bond donors (Lipinski definition) is 0. The monoisotopic (exact) mass is 698 g/mol. The summed E-state index contributed by atoms with van der Waals surface area (Å²) in [5, 5.41) is 0. The third kappa shape index (κ3) is 4.89. The summed E-state index contributed by atoms with van der Waals surface area (Å²) in [6, 6.07) is 74.4. The van der Waals surface area contributed by atoms with Crippen molar-refractivity contribution in [1.82, 2.24) is 9.97 Å². The van der Waals surface area contributed by atoms with E-state index in [0.717, 1.165) is 33.6 Å². The Morgan fingerprint density at radius 1 is 0.255 bits per heavy atom. The first kappa shape index (κ1) is 31.4. The van der Waals surface area contributed by atoms with Gasteiger partial charge in [0, 0.05) is 16.7 Å². The highest BCUT2D eigenvalue weighted by molar-refractivity contribution is 5.96. The lowest BCUT2D eigenvalue weighted by Crippen LogP contribution is -2.25. The Balaban J connectivity index is 0.947. The average molecular weight is 699 g/mol. The molecule has 0 saturated heterocycles. The van der Waals surface area contributed by atoms with Crippen LogP contribution in [0, 0.1) is 0 Å². The fourth-order valence-electron chi connectivity index (χ4n) is 9.03. The zero-order valence-electron chi connectivity index (χ0n) is 30.0. The maximum absolute atomic E-state index is 5.03. The first-order valence-electron chi connectivity index (χ1n) is 18.9. The molecule has 0 saturated carbocycles. The van der Waals surface area contributed by atoms with Crippen LogP contribution in [-0.2, 0) is 5.41 Å². The molecule has 1 aromatic heterocycles. The topological polar surface area (TPSA) is 25.8 Å². The van der Waals surface area contributed by atoms with Gasteiger partial charge in [-0.2, -0.15) is 0 Å². The van der Waals surface area contributed by atoms with E-state index in [4.69, 9.17) is 9.97 Å². The lowest BCUT2D eigenvalue weighted by molar-refractivity contribution is 0.794. The average Bonchev–Trinajstić information content (AvgIpc) is 3.74. The van der Waals surface area contributed by atoms with Crippen LogP contribution in [0.25, 0.3) is 78.4 Å². The molecule has 2 aliphatic rings. The summed E-state index contributed by atoms with van der Waals surface area (Å²) in [4.78, 5) is 10.1. The Labute approximate surface area is 321 Å². The standard InChI is InChI=1S/C53H34N2/c1-3-13-38(14-4-1)50-34-51(39-15-5-2-6-16-39)55-52(54-50)40-29-27-36(28-30-40)35-23-25-37(26-24-35)41-31-32-45-44-19-9-12-22-48(44)53(49(45)33-41)46-20-10-7-17-42(46)43-18-8-11-21-47(43)53/h1-34H. The van der Waals surface area contributed by atoms with Crippen LogP contribution in [0.3, 0.4) is 0 Å². The molecule has 0 aliphatic heterocycles. The molecule has 0 N–H and O–H groups in total. The Bertz CT molecular complexity index is 2770. The fraction of sp³-hybridized carbons (Fsp3) is 0.0189. The molecule has 0 unspecified atom stereocenters. The summed E-state index contributed by atoms with van der Waals surface area (Å²) in [5.41, 5.74) is 20.1. The number of hydrogen-bond acceptors (Lipinski definition) is 2. The van der Waals surface area contributed by atoms with E-state index >= 15 is 0 Å². The normalized spacial score (nSPS) is 12.9. The van der Waals surface area contributed by atoms with Crippen LogP contribution in [0.1, 0.15) is 22.3 Å². The molecule has 0 radical (unpaired) electrons. The molecule has 2 nitrogen and oxygen atoms in total. The molecule has 0 atom stereocenters. The van der Waals surface area contributed by atoms with Crippen LogP contribution >= 0.6 is 0 Å². The molecule has 11 rings (SSSR count). The zero-order chi connectivity index (χ0) is 36.3. The van der Waals surface area contributed by atoms with Gasteiger partial charge in [0.2, 0.25) is 0 Å². The minimum absolute atomic E-state index is 0.344. The number of nitrogens with zero attached hydrogens (tertiary/aromatic N) is 2. The van der Waals surface area contributed by atoms with Crippen molar-refractivity contribution < 1.29 is 0 Å². The molecule has 0 bridgehead atoms. The van der Waals surface area contributed by atoms with Crippen molar-refractivity contribution >= 4 is 0 Å². The SMILES string of the molecule is c1ccc(-c2cc(-c3ccccc3)nc(-c3ccc(-c4ccc(-c5ccc6c(c5)C5(c7ccccc7-c7ccccc75)c5ccccc5-6)cc4)cc3)n2)cc1. The van der Waals surface area contributed by atoms with E-state index in [1.54, 1.807) is 0 Å². The molecule has 1 spiro atoms. The molecule has 0 fully saturated rings. The second-order valence-corrected chi connectivity index (χ2v) is 14.5. The molecule has 8 aromatic carbocycles. The summed E-state index contributed by atoms with van der Waals surface area (Å²) in [7, 11) is 0. The summed E-state index contributed by atoms with van der Waals surface area (Å²) in [6.45, 7) is 0. The third-order valence-electron chi connectivity index (χ3n) is 11.6. The molecule has 256 valence electrons. The Kier molecular flexibility index (Phi) is 7.11. The fourth-order valence-corrected chi connectivity index (χ4v) is 9.03.